The predicted octanol–water partition coefficient (Wildman–Crippen LogP) is 1.36. The third kappa shape index (κ3) is 4.74. The van der Waals surface area contributed by atoms with Crippen LogP contribution in [0.3, 0.4) is 0 Å². The Balaban J connectivity index is 0.000000286. The molecule has 0 aliphatic heterocycles. The van der Waals surface area contributed by atoms with Gasteiger partial charge in [-0.3, -0.25) is 0 Å². The first kappa shape index (κ1) is 15.7. The summed E-state index contributed by atoms with van der Waals surface area (Å²) in [6.07, 6.45) is 2.16. The molecule has 0 amide bonds. The molecule has 0 spiro atoms. The van der Waals surface area contributed by atoms with E-state index >= 15 is 0 Å². The molecule has 0 unspecified atom stereocenters. The van der Waals surface area contributed by atoms with Crippen molar-refractivity contribution in [1.82, 2.24) is 9.47 Å². The lowest BCUT2D eigenvalue weighted by Gasteiger charge is -2.10. The van der Waals surface area contributed by atoms with Crippen molar-refractivity contribution in [2.45, 2.75) is 6.54 Å². The van der Waals surface area contributed by atoms with Gasteiger partial charge in [0.2, 0.25) is 0 Å². The van der Waals surface area contributed by atoms with Crippen LogP contribution in [0.15, 0.2) is 36.5 Å². The molecule has 2 aromatic rings. The molecule has 0 radical (unpaired) electrons. The average molecular weight is 278 g/mol. The second kappa shape index (κ2) is 7.30. The van der Waals surface area contributed by atoms with Gasteiger partial charge in [-0.15, -0.1) is 0 Å². The highest BCUT2D eigenvalue weighted by Crippen LogP contribution is 2.14. The van der Waals surface area contributed by atoms with Crippen molar-refractivity contribution in [3.05, 3.63) is 36.5 Å². The van der Waals surface area contributed by atoms with E-state index in [1.807, 2.05) is 0 Å². The van der Waals surface area contributed by atoms with Crippen LogP contribution in [-0.4, -0.2) is 52.3 Å². The van der Waals surface area contributed by atoms with Gasteiger partial charge in [0.25, 0.3) is 0 Å². The second-order valence-electron chi connectivity index (χ2n) is 4.48. The molecule has 0 aliphatic rings. The van der Waals surface area contributed by atoms with Crippen LogP contribution in [0.25, 0.3) is 10.9 Å². The van der Waals surface area contributed by atoms with Crippen molar-refractivity contribution in [3.63, 3.8) is 0 Å². The first-order valence-electron chi connectivity index (χ1n) is 6.06. The summed E-state index contributed by atoms with van der Waals surface area (Å²) < 4.78 is 2.30. The number of carboxylic acids is 2. The second-order valence-corrected chi connectivity index (χ2v) is 4.48. The number of likely N-dealkylation sites (N-methyl/N-ethyl adjacent to an activating group) is 1. The van der Waals surface area contributed by atoms with Crippen molar-refractivity contribution in [1.29, 1.82) is 0 Å². The fraction of sp³-hybridized carbons (Fsp3) is 0.286. The Morgan fingerprint density at radius 1 is 1.10 bits per heavy atom. The fourth-order valence-corrected chi connectivity index (χ4v) is 1.64. The van der Waals surface area contributed by atoms with Crippen LogP contribution in [-0.2, 0) is 16.1 Å². The maximum Gasteiger partial charge on any atom is 0.414 e. The van der Waals surface area contributed by atoms with Crippen LogP contribution >= 0.6 is 0 Å². The minimum Gasteiger partial charge on any atom is -0.473 e. The van der Waals surface area contributed by atoms with E-state index in [9.17, 15) is 0 Å². The molecule has 108 valence electrons. The molecule has 0 aliphatic carbocycles. The Labute approximate surface area is 116 Å². The highest BCUT2D eigenvalue weighted by molar-refractivity contribution is 6.27. The van der Waals surface area contributed by atoms with Crippen molar-refractivity contribution < 1.29 is 19.8 Å². The quantitative estimate of drug-likeness (QED) is 0.828. The first-order valence-corrected chi connectivity index (χ1v) is 6.06. The van der Waals surface area contributed by atoms with Gasteiger partial charge in [0.05, 0.1) is 0 Å². The minimum atomic E-state index is -1.82. The summed E-state index contributed by atoms with van der Waals surface area (Å²) in [5.41, 5.74) is 1.33. The third-order valence-corrected chi connectivity index (χ3v) is 2.65. The summed E-state index contributed by atoms with van der Waals surface area (Å²) in [6.45, 7) is 2.14. The monoisotopic (exact) mass is 278 g/mol. The van der Waals surface area contributed by atoms with E-state index in [2.05, 4.69) is 60.1 Å². The number of carbonyl (C=O) groups is 2. The fourth-order valence-electron chi connectivity index (χ4n) is 1.64. The van der Waals surface area contributed by atoms with Gasteiger partial charge in [0, 0.05) is 24.8 Å². The molecule has 0 saturated carbocycles. The molecule has 2 N–H and O–H groups in total. The molecule has 0 fully saturated rings. The van der Waals surface area contributed by atoms with Gasteiger partial charge in [-0.25, -0.2) is 9.59 Å². The molecule has 1 heterocycles. The van der Waals surface area contributed by atoms with Gasteiger partial charge in [0.1, 0.15) is 0 Å². The SMILES string of the molecule is CN(C)CCn1ccc2ccccc21.O=C(O)C(=O)O. The largest absolute Gasteiger partial charge is 0.473 e. The number of benzene rings is 1. The van der Waals surface area contributed by atoms with E-state index < -0.39 is 11.9 Å². The lowest BCUT2D eigenvalue weighted by Crippen LogP contribution is -2.17. The van der Waals surface area contributed by atoms with Gasteiger partial charge in [-0.05, 0) is 31.6 Å². The molecule has 2 rings (SSSR count). The molecule has 0 saturated heterocycles. The molecule has 1 aromatic carbocycles. The van der Waals surface area contributed by atoms with Crippen molar-refractivity contribution in [2.24, 2.45) is 0 Å². The molecular formula is C14H18N2O4. The summed E-state index contributed by atoms with van der Waals surface area (Å²) in [4.78, 5) is 20.4. The Morgan fingerprint density at radius 2 is 1.70 bits per heavy atom. The predicted molar refractivity (Wildman–Crippen MR) is 75.8 cm³/mol. The van der Waals surface area contributed by atoms with Crippen LogP contribution in [0, 0.1) is 0 Å². The van der Waals surface area contributed by atoms with Crippen LogP contribution in [0.1, 0.15) is 0 Å². The topological polar surface area (TPSA) is 82.8 Å². The van der Waals surface area contributed by atoms with Gasteiger partial charge in [-0.2, -0.15) is 0 Å². The average Bonchev–Trinajstić information content (AvgIpc) is 2.80. The lowest BCUT2D eigenvalue weighted by atomic mass is 10.2. The number of nitrogens with zero attached hydrogens (tertiary/aromatic N) is 2. The maximum absolute atomic E-state index is 9.10. The van der Waals surface area contributed by atoms with Gasteiger partial charge in [-0.1, -0.05) is 18.2 Å². The number of para-hydroxylation sites is 1. The highest BCUT2D eigenvalue weighted by atomic mass is 16.4. The highest BCUT2D eigenvalue weighted by Gasteiger charge is 2.04. The van der Waals surface area contributed by atoms with Crippen LogP contribution in [0.4, 0.5) is 0 Å². The summed E-state index contributed by atoms with van der Waals surface area (Å²) in [6, 6.07) is 10.7. The lowest BCUT2D eigenvalue weighted by molar-refractivity contribution is -0.159. The summed E-state index contributed by atoms with van der Waals surface area (Å²) in [5, 5.41) is 16.1. The summed E-state index contributed by atoms with van der Waals surface area (Å²) in [5.74, 6) is -3.65. The maximum atomic E-state index is 9.10. The van der Waals surface area contributed by atoms with E-state index in [1.54, 1.807) is 0 Å². The molecule has 6 nitrogen and oxygen atoms in total. The number of hydrogen-bond acceptors (Lipinski definition) is 3. The van der Waals surface area contributed by atoms with E-state index in [4.69, 9.17) is 19.8 Å². The number of rotatable bonds is 3. The Hall–Kier alpha value is -2.34. The molecule has 6 heteroatoms. The van der Waals surface area contributed by atoms with E-state index in [0.29, 0.717) is 0 Å². The molecule has 0 bridgehead atoms. The van der Waals surface area contributed by atoms with Gasteiger partial charge >= 0.3 is 11.9 Å². The summed E-state index contributed by atoms with van der Waals surface area (Å²) in [7, 11) is 4.21. The first-order chi connectivity index (χ1) is 9.41. The standard InChI is InChI=1S/C12H16N2.C2H2O4/c1-13(2)9-10-14-8-7-11-5-3-4-6-12(11)14;3-1(4)2(5)6/h3-8H,9-10H2,1-2H3;(H,3,4)(H,5,6). The Bertz CT molecular complexity index is 578. The van der Waals surface area contributed by atoms with Crippen LogP contribution < -0.4 is 0 Å². The van der Waals surface area contributed by atoms with E-state index in [0.717, 1.165) is 13.1 Å². The zero-order chi connectivity index (χ0) is 15.1. The molecular weight excluding hydrogens is 260 g/mol. The van der Waals surface area contributed by atoms with Crippen LogP contribution in [0.5, 0.6) is 0 Å². The number of hydrogen-bond donors (Lipinski definition) is 2. The molecule has 0 atom stereocenters. The molecule has 20 heavy (non-hydrogen) atoms. The van der Waals surface area contributed by atoms with Crippen molar-refractivity contribution >= 4 is 22.8 Å². The minimum absolute atomic E-state index is 1.06. The van der Waals surface area contributed by atoms with E-state index in [-0.39, 0.29) is 0 Å². The Kier molecular flexibility index (Phi) is 5.74. The van der Waals surface area contributed by atoms with Crippen molar-refractivity contribution in [2.75, 3.05) is 20.6 Å². The number of carboxylic acid groups (broad SMARTS) is 2. The van der Waals surface area contributed by atoms with Gasteiger partial charge < -0.3 is 19.7 Å². The van der Waals surface area contributed by atoms with E-state index in [1.165, 1.54) is 10.9 Å². The number of fused-ring (bicyclic) bond motifs is 1. The van der Waals surface area contributed by atoms with Crippen molar-refractivity contribution in [3.8, 4) is 0 Å². The number of aromatic nitrogens is 1. The zero-order valence-corrected chi connectivity index (χ0v) is 11.5. The van der Waals surface area contributed by atoms with Crippen LogP contribution in [0.2, 0.25) is 0 Å². The normalized spacial score (nSPS) is 10.2. The smallest absolute Gasteiger partial charge is 0.414 e. The van der Waals surface area contributed by atoms with Gasteiger partial charge in [0.15, 0.2) is 0 Å². The Morgan fingerprint density at radius 3 is 2.25 bits per heavy atom. The number of aliphatic carboxylic acids is 2. The zero-order valence-electron chi connectivity index (χ0n) is 11.5. The summed E-state index contributed by atoms with van der Waals surface area (Å²) >= 11 is 0. The molecule has 1 aromatic heterocycles. The third-order valence-electron chi connectivity index (χ3n) is 2.65.